The van der Waals surface area contributed by atoms with Gasteiger partial charge in [0.05, 0.1) is 12.6 Å². The zero-order valence-electron chi connectivity index (χ0n) is 18.5. The number of aromatic nitrogens is 2. The number of carboxylic acid groups (broad SMARTS) is 1. The molecule has 0 aliphatic heterocycles. The first kappa shape index (κ1) is 28.7. The van der Waals surface area contributed by atoms with Crippen molar-refractivity contribution in [3.63, 3.8) is 0 Å². The molecule has 2 unspecified atom stereocenters. The highest BCUT2D eigenvalue weighted by molar-refractivity contribution is 5.82. The van der Waals surface area contributed by atoms with Crippen molar-refractivity contribution in [2.75, 3.05) is 19.6 Å². The Kier molecular flexibility index (Phi) is 17.1. The molecule has 0 aliphatic rings. The molecule has 180 valence electrons. The first-order valence-corrected chi connectivity index (χ1v) is 10.8. The Bertz CT molecular complexity index is 597. The summed E-state index contributed by atoms with van der Waals surface area (Å²) < 4.78 is 5.41. The first-order valence-electron chi connectivity index (χ1n) is 10.8. The van der Waals surface area contributed by atoms with Crippen LogP contribution in [0.4, 0.5) is 4.79 Å². The van der Waals surface area contributed by atoms with Crippen LogP contribution in [0.15, 0.2) is 4.42 Å². The maximum absolute atomic E-state index is 11.8. The quantitative estimate of drug-likeness (QED) is 0.183. The Morgan fingerprint density at radius 2 is 1.61 bits per heavy atom. The van der Waals surface area contributed by atoms with Gasteiger partial charge in [-0.2, -0.15) is 0 Å². The lowest BCUT2D eigenvalue weighted by molar-refractivity contribution is -0.139. The number of carbonyl (C=O) groups excluding carboxylic acids is 1. The zero-order chi connectivity index (χ0) is 23.5. The molecule has 1 rings (SSSR count). The third-order valence-electron chi connectivity index (χ3n) is 4.28. The number of nitrogens with zero attached hydrogens (tertiary/aromatic N) is 2. The van der Waals surface area contributed by atoms with Crippen LogP contribution in [-0.2, 0) is 11.3 Å². The fourth-order valence-corrected chi connectivity index (χ4v) is 2.44. The monoisotopic (exact) mass is 444 g/mol. The molecule has 0 spiro atoms. The van der Waals surface area contributed by atoms with Crippen molar-refractivity contribution < 1.29 is 19.1 Å². The fourth-order valence-electron chi connectivity index (χ4n) is 2.44. The second kappa shape index (κ2) is 18.5. The van der Waals surface area contributed by atoms with Crippen molar-refractivity contribution in [1.82, 2.24) is 20.8 Å². The summed E-state index contributed by atoms with van der Waals surface area (Å²) in [5.41, 5.74) is 21.9. The molecule has 0 bridgehead atoms. The van der Waals surface area contributed by atoms with Crippen molar-refractivity contribution in [3.8, 4) is 0 Å². The lowest BCUT2D eigenvalue weighted by Gasteiger charge is -2.14. The zero-order valence-corrected chi connectivity index (χ0v) is 18.5. The van der Waals surface area contributed by atoms with Crippen LogP contribution in [0, 0.1) is 0 Å². The summed E-state index contributed by atoms with van der Waals surface area (Å²) in [6.45, 7) is 4.03. The van der Waals surface area contributed by atoms with E-state index in [0.717, 1.165) is 19.4 Å². The van der Waals surface area contributed by atoms with Gasteiger partial charge in [-0.3, -0.25) is 0 Å². The second-order valence-corrected chi connectivity index (χ2v) is 7.07. The van der Waals surface area contributed by atoms with Crippen molar-refractivity contribution >= 4 is 12.0 Å². The van der Waals surface area contributed by atoms with E-state index in [-0.39, 0.29) is 18.5 Å². The molecule has 1 aromatic heterocycles. The van der Waals surface area contributed by atoms with Crippen LogP contribution >= 0.6 is 0 Å². The Morgan fingerprint density at radius 3 is 2.13 bits per heavy atom. The second-order valence-electron chi connectivity index (χ2n) is 7.07. The highest BCUT2D eigenvalue weighted by Gasteiger charge is 2.20. The van der Waals surface area contributed by atoms with Gasteiger partial charge in [0.15, 0.2) is 0 Å². The van der Waals surface area contributed by atoms with E-state index < -0.39 is 18.0 Å². The van der Waals surface area contributed by atoms with Gasteiger partial charge in [0, 0.05) is 0 Å². The molecule has 0 radical (unpaired) electrons. The van der Waals surface area contributed by atoms with Gasteiger partial charge in [-0.05, 0) is 58.2 Å². The van der Waals surface area contributed by atoms with Gasteiger partial charge in [-0.25, -0.2) is 9.59 Å². The van der Waals surface area contributed by atoms with Gasteiger partial charge in [-0.15, -0.1) is 10.2 Å². The number of aliphatic carboxylic acids is 1. The van der Waals surface area contributed by atoms with E-state index in [9.17, 15) is 9.59 Å². The molecule has 0 aromatic carbocycles. The minimum atomic E-state index is -1.10. The van der Waals surface area contributed by atoms with Crippen LogP contribution < -0.4 is 33.6 Å². The first-order chi connectivity index (χ1) is 14.9. The van der Waals surface area contributed by atoms with E-state index in [1.165, 1.54) is 12.8 Å². The largest absolute Gasteiger partial charge is 0.480 e. The minimum Gasteiger partial charge on any atom is -0.480 e. The molecule has 12 nitrogen and oxygen atoms in total. The van der Waals surface area contributed by atoms with Crippen molar-refractivity contribution in [3.05, 3.63) is 11.8 Å². The van der Waals surface area contributed by atoms with Crippen LogP contribution in [0.1, 0.15) is 76.1 Å². The number of urea groups is 1. The van der Waals surface area contributed by atoms with E-state index >= 15 is 0 Å². The Morgan fingerprint density at radius 1 is 1.00 bits per heavy atom. The molecular weight excluding hydrogens is 404 g/mol. The van der Waals surface area contributed by atoms with E-state index in [1.807, 2.05) is 0 Å². The van der Waals surface area contributed by atoms with Gasteiger partial charge in [0.1, 0.15) is 6.04 Å². The lowest BCUT2D eigenvalue weighted by atomic mass is 10.1. The molecule has 11 N–H and O–H groups in total. The maximum atomic E-state index is 11.8. The summed E-state index contributed by atoms with van der Waals surface area (Å²) in [5.74, 6) is -0.607. The number of amides is 2. The Balaban J connectivity index is 0.00000161. The number of nitrogens with two attached hydrogens (primary N) is 4. The number of hydrogen-bond acceptors (Lipinski definition) is 9. The Hall–Kier alpha value is -2.28. The van der Waals surface area contributed by atoms with Crippen molar-refractivity contribution in [2.24, 2.45) is 22.9 Å². The van der Waals surface area contributed by atoms with E-state index in [0.29, 0.717) is 44.7 Å². The molecule has 0 saturated heterocycles. The highest BCUT2D eigenvalue weighted by Crippen LogP contribution is 2.15. The molecule has 0 fully saturated rings. The van der Waals surface area contributed by atoms with Crippen LogP contribution in [0.5, 0.6) is 0 Å². The average Bonchev–Trinajstić information content (AvgIpc) is 3.22. The van der Waals surface area contributed by atoms with Crippen LogP contribution in [0.3, 0.4) is 0 Å². The number of hydrogen-bond donors (Lipinski definition) is 7. The fraction of sp³-hybridized carbons (Fsp3) is 0.789. The standard InChI is InChI=1S/C15H29N7O4.C4H11N/c16-7-3-1-5-10(18)13-22-21-12(26-13)9-19-15(25)20-11(14(23)24)6-2-4-8-17;1-2-3-4-5/h10-11H,1-9,16-18H2,(H,23,24)(H2,19,20,25);2-5H2,1H3. The topological polar surface area (TPSA) is 221 Å². The predicted molar refractivity (Wildman–Crippen MR) is 118 cm³/mol. The van der Waals surface area contributed by atoms with Gasteiger partial charge >= 0.3 is 12.0 Å². The molecule has 2 atom stereocenters. The lowest BCUT2D eigenvalue weighted by Crippen LogP contribution is -2.45. The van der Waals surface area contributed by atoms with E-state index in [4.69, 9.17) is 32.5 Å². The molecule has 0 aliphatic carbocycles. The molecule has 2 amide bonds. The number of unbranched alkanes of at least 4 members (excludes halogenated alkanes) is 3. The summed E-state index contributed by atoms with van der Waals surface area (Å²) in [4.78, 5) is 23.0. The summed E-state index contributed by atoms with van der Waals surface area (Å²) in [6.07, 6.45) is 6.41. The molecule has 31 heavy (non-hydrogen) atoms. The molecule has 1 heterocycles. The highest BCUT2D eigenvalue weighted by atomic mass is 16.4. The number of carboxylic acids is 1. The summed E-state index contributed by atoms with van der Waals surface area (Å²) in [5, 5.41) is 21.7. The molecule has 1 aromatic rings. The van der Waals surface area contributed by atoms with Gasteiger partial charge in [-0.1, -0.05) is 19.8 Å². The Labute approximate surface area is 183 Å². The average molecular weight is 445 g/mol. The normalized spacial score (nSPS) is 12.4. The summed E-state index contributed by atoms with van der Waals surface area (Å²) >= 11 is 0. The molecule has 12 heteroatoms. The van der Waals surface area contributed by atoms with Crippen LogP contribution in [0.2, 0.25) is 0 Å². The van der Waals surface area contributed by atoms with E-state index in [2.05, 4.69) is 27.8 Å². The predicted octanol–water partition coefficient (Wildman–Crippen LogP) is 0.325. The molecule has 0 saturated carbocycles. The number of rotatable bonds is 15. The number of nitrogens with one attached hydrogen (secondary N) is 2. The maximum Gasteiger partial charge on any atom is 0.326 e. The van der Waals surface area contributed by atoms with Crippen LogP contribution in [0.25, 0.3) is 0 Å². The third-order valence-corrected chi connectivity index (χ3v) is 4.28. The van der Waals surface area contributed by atoms with Gasteiger partial charge in [0.25, 0.3) is 0 Å². The smallest absolute Gasteiger partial charge is 0.326 e. The van der Waals surface area contributed by atoms with E-state index in [1.54, 1.807) is 0 Å². The number of carbonyl (C=O) groups is 2. The molecular formula is C19H40N8O4. The van der Waals surface area contributed by atoms with Crippen molar-refractivity contribution in [1.29, 1.82) is 0 Å². The third kappa shape index (κ3) is 14.4. The SMILES string of the molecule is CCCCN.NCCCCC(NC(=O)NCc1nnc(C(N)CCCCN)o1)C(=O)O. The van der Waals surface area contributed by atoms with Crippen LogP contribution in [-0.4, -0.2) is 53.0 Å². The minimum absolute atomic E-state index is 0.0243. The van der Waals surface area contributed by atoms with Gasteiger partial charge in [0.2, 0.25) is 11.8 Å². The van der Waals surface area contributed by atoms with Crippen molar-refractivity contribution in [2.45, 2.75) is 76.9 Å². The van der Waals surface area contributed by atoms with Gasteiger partial charge < -0.3 is 43.1 Å². The summed E-state index contributed by atoms with van der Waals surface area (Å²) in [6, 6.07) is -1.98. The summed E-state index contributed by atoms with van der Waals surface area (Å²) in [7, 11) is 0.